The van der Waals surface area contributed by atoms with Crippen LogP contribution < -0.4 is 10.6 Å². The fraction of sp³-hybridized carbons (Fsp3) is 0.273. The second kappa shape index (κ2) is 7.57. The highest BCUT2D eigenvalue weighted by molar-refractivity contribution is 14.1. The van der Waals surface area contributed by atoms with Crippen LogP contribution in [0, 0.1) is 3.57 Å². The molecule has 18 heavy (non-hydrogen) atoms. The molecule has 98 valence electrons. The molecule has 0 radical (unpaired) electrons. The van der Waals surface area contributed by atoms with Crippen molar-refractivity contribution in [1.29, 1.82) is 0 Å². The van der Waals surface area contributed by atoms with Crippen LogP contribution in [-0.4, -0.2) is 23.7 Å². The average Bonchev–Trinajstić information content (AvgIpc) is 2.29. The van der Waals surface area contributed by atoms with Crippen molar-refractivity contribution in [3.8, 4) is 0 Å². The molecule has 1 rings (SSSR count). The maximum absolute atomic E-state index is 11.5. The van der Waals surface area contributed by atoms with Gasteiger partial charge in [0, 0.05) is 26.7 Å². The van der Waals surface area contributed by atoms with Gasteiger partial charge in [0.05, 0.1) is 0 Å². The van der Waals surface area contributed by atoms with E-state index in [1.165, 1.54) is 0 Å². The second-order valence-electron chi connectivity index (χ2n) is 3.51. The van der Waals surface area contributed by atoms with Gasteiger partial charge in [0.25, 0.3) is 0 Å². The third kappa shape index (κ3) is 5.67. The van der Waals surface area contributed by atoms with Crippen LogP contribution in [0.25, 0.3) is 0 Å². The molecule has 5 nitrogen and oxygen atoms in total. The molecular weight excluding hydrogens is 415 g/mol. The fourth-order valence-electron chi connectivity index (χ4n) is 1.19. The van der Waals surface area contributed by atoms with Gasteiger partial charge in [-0.3, -0.25) is 4.79 Å². The quantitative estimate of drug-likeness (QED) is 0.500. The van der Waals surface area contributed by atoms with Crippen LogP contribution in [-0.2, 0) is 4.79 Å². The third-order valence-electron chi connectivity index (χ3n) is 2.03. The van der Waals surface area contributed by atoms with Gasteiger partial charge in [-0.15, -0.1) is 0 Å². The molecule has 0 aliphatic heterocycles. The lowest BCUT2D eigenvalue weighted by atomic mass is 10.3. The van der Waals surface area contributed by atoms with Gasteiger partial charge >= 0.3 is 12.0 Å². The van der Waals surface area contributed by atoms with Crippen molar-refractivity contribution in [2.75, 3.05) is 11.9 Å². The minimum Gasteiger partial charge on any atom is -0.481 e. The number of anilines is 1. The van der Waals surface area contributed by atoms with E-state index in [-0.39, 0.29) is 12.5 Å². The first kappa shape index (κ1) is 15.2. The highest BCUT2D eigenvalue weighted by atomic mass is 127. The Labute approximate surface area is 127 Å². The molecule has 1 aromatic rings. The Morgan fingerprint density at radius 3 is 2.72 bits per heavy atom. The average molecular weight is 427 g/mol. The van der Waals surface area contributed by atoms with Crippen LogP contribution in [0.5, 0.6) is 0 Å². The monoisotopic (exact) mass is 426 g/mol. The van der Waals surface area contributed by atoms with Gasteiger partial charge < -0.3 is 15.7 Å². The van der Waals surface area contributed by atoms with Gasteiger partial charge in [-0.1, -0.05) is 0 Å². The molecule has 0 aromatic heterocycles. The molecule has 0 spiro atoms. The van der Waals surface area contributed by atoms with Crippen molar-refractivity contribution in [1.82, 2.24) is 5.32 Å². The Bertz CT molecular complexity index is 454. The number of halogens is 2. The number of hydrogen-bond acceptors (Lipinski definition) is 2. The lowest BCUT2D eigenvalue weighted by Crippen LogP contribution is -2.29. The molecule has 0 heterocycles. The summed E-state index contributed by atoms with van der Waals surface area (Å²) < 4.78 is 1.96. The lowest BCUT2D eigenvalue weighted by Gasteiger charge is -2.07. The van der Waals surface area contributed by atoms with Gasteiger partial charge in [-0.05, 0) is 63.1 Å². The van der Waals surface area contributed by atoms with Gasteiger partial charge in [0.2, 0.25) is 0 Å². The van der Waals surface area contributed by atoms with E-state index in [4.69, 9.17) is 5.11 Å². The molecule has 0 aliphatic rings. The topological polar surface area (TPSA) is 78.4 Å². The molecule has 0 unspecified atom stereocenters. The van der Waals surface area contributed by atoms with Crippen LogP contribution >= 0.6 is 38.5 Å². The van der Waals surface area contributed by atoms with Crippen LogP contribution in [0.3, 0.4) is 0 Å². The summed E-state index contributed by atoms with van der Waals surface area (Å²) in [7, 11) is 0. The standard InChI is InChI=1S/C11H12BrIN2O3/c12-8-6-7(3-4-9(8)13)15-11(18)14-5-1-2-10(16)17/h3-4,6H,1-2,5H2,(H,16,17)(H2,14,15,18). The maximum Gasteiger partial charge on any atom is 0.319 e. The number of urea groups is 1. The van der Waals surface area contributed by atoms with Crippen molar-refractivity contribution >= 4 is 56.2 Å². The van der Waals surface area contributed by atoms with E-state index >= 15 is 0 Å². The smallest absolute Gasteiger partial charge is 0.319 e. The first-order chi connectivity index (χ1) is 8.49. The zero-order valence-electron chi connectivity index (χ0n) is 9.37. The number of hydrogen-bond donors (Lipinski definition) is 3. The van der Waals surface area contributed by atoms with Crippen molar-refractivity contribution in [2.45, 2.75) is 12.8 Å². The summed E-state index contributed by atoms with van der Waals surface area (Å²) in [6, 6.07) is 5.14. The second-order valence-corrected chi connectivity index (χ2v) is 5.52. The van der Waals surface area contributed by atoms with Crippen molar-refractivity contribution < 1.29 is 14.7 Å². The number of carbonyl (C=O) groups excluding carboxylic acids is 1. The Morgan fingerprint density at radius 1 is 1.39 bits per heavy atom. The number of carbonyl (C=O) groups is 2. The summed E-state index contributed by atoms with van der Waals surface area (Å²) in [4.78, 5) is 21.7. The Morgan fingerprint density at radius 2 is 2.11 bits per heavy atom. The van der Waals surface area contributed by atoms with E-state index in [0.29, 0.717) is 18.7 Å². The van der Waals surface area contributed by atoms with E-state index in [1.54, 1.807) is 12.1 Å². The lowest BCUT2D eigenvalue weighted by molar-refractivity contribution is -0.137. The molecule has 1 aromatic carbocycles. The largest absolute Gasteiger partial charge is 0.481 e. The van der Waals surface area contributed by atoms with E-state index in [1.807, 2.05) is 6.07 Å². The van der Waals surface area contributed by atoms with Crippen LogP contribution in [0.15, 0.2) is 22.7 Å². The van der Waals surface area contributed by atoms with Crippen LogP contribution in [0.2, 0.25) is 0 Å². The van der Waals surface area contributed by atoms with Gasteiger partial charge in [0.1, 0.15) is 0 Å². The number of aliphatic carboxylic acids is 1. The third-order valence-corrected chi connectivity index (χ3v) is 4.37. The number of carboxylic acid groups (broad SMARTS) is 1. The molecule has 0 fully saturated rings. The minimum absolute atomic E-state index is 0.0510. The fourth-order valence-corrected chi connectivity index (χ4v) is 1.90. The zero-order valence-corrected chi connectivity index (χ0v) is 13.1. The minimum atomic E-state index is -0.862. The van der Waals surface area contributed by atoms with Crippen molar-refractivity contribution in [3.63, 3.8) is 0 Å². The molecule has 2 amide bonds. The maximum atomic E-state index is 11.5. The van der Waals surface area contributed by atoms with E-state index < -0.39 is 5.97 Å². The van der Waals surface area contributed by atoms with Crippen molar-refractivity contribution in [2.24, 2.45) is 0 Å². The molecule has 3 N–H and O–H groups in total. The summed E-state index contributed by atoms with van der Waals surface area (Å²) in [5, 5.41) is 13.7. The Balaban J connectivity index is 2.35. The van der Waals surface area contributed by atoms with Gasteiger partial charge in [-0.25, -0.2) is 4.79 Å². The van der Waals surface area contributed by atoms with Crippen LogP contribution in [0.1, 0.15) is 12.8 Å². The Kier molecular flexibility index (Phi) is 6.41. The molecule has 0 bridgehead atoms. The molecule has 0 aliphatic carbocycles. The molecule has 0 atom stereocenters. The van der Waals surface area contributed by atoms with Crippen LogP contribution in [0.4, 0.5) is 10.5 Å². The number of rotatable bonds is 5. The molecule has 0 saturated carbocycles. The highest BCUT2D eigenvalue weighted by Crippen LogP contribution is 2.22. The summed E-state index contributed by atoms with van der Waals surface area (Å²) >= 11 is 5.55. The summed E-state index contributed by atoms with van der Waals surface area (Å²) in [5.74, 6) is -0.862. The zero-order chi connectivity index (χ0) is 13.5. The SMILES string of the molecule is O=C(O)CCCNC(=O)Nc1ccc(I)c(Br)c1. The number of carboxylic acids is 1. The summed E-state index contributed by atoms with van der Waals surface area (Å²) in [6.07, 6.45) is 0.467. The molecule has 0 saturated heterocycles. The number of amides is 2. The van der Waals surface area contributed by atoms with Crippen molar-refractivity contribution in [3.05, 3.63) is 26.2 Å². The first-order valence-electron chi connectivity index (χ1n) is 5.20. The summed E-state index contributed by atoms with van der Waals surface area (Å²) in [5.41, 5.74) is 0.679. The highest BCUT2D eigenvalue weighted by Gasteiger charge is 2.04. The number of benzene rings is 1. The first-order valence-corrected chi connectivity index (χ1v) is 7.08. The summed E-state index contributed by atoms with van der Waals surface area (Å²) in [6.45, 7) is 0.337. The van der Waals surface area contributed by atoms with E-state index in [9.17, 15) is 9.59 Å². The van der Waals surface area contributed by atoms with Gasteiger partial charge in [-0.2, -0.15) is 0 Å². The normalized spacial score (nSPS) is 9.89. The molecule has 7 heteroatoms. The molecular formula is C11H12BrIN2O3. The predicted octanol–water partition coefficient (Wildman–Crippen LogP) is 3.04. The number of nitrogens with one attached hydrogen (secondary N) is 2. The van der Waals surface area contributed by atoms with E-state index in [0.717, 1.165) is 8.04 Å². The van der Waals surface area contributed by atoms with Gasteiger partial charge in [0.15, 0.2) is 0 Å². The predicted molar refractivity (Wildman–Crippen MR) is 80.8 cm³/mol. The van der Waals surface area contributed by atoms with E-state index in [2.05, 4.69) is 49.2 Å². The Hall–Kier alpha value is -0.830.